The van der Waals surface area contributed by atoms with Crippen LogP contribution in [0.5, 0.6) is 17.2 Å². The normalized spacial score (nSPS) is 20.3. The Labute approximate surface area is 320 Å². The third kappa shape index (κ3) is 7.60. The molecule has 0 amide bonds. The molecule has 4 aromatic carbocycles. The summed E-state index contributed by atoms with van der Waals surface area (Å²) in [5.41, 5.74) is 12.8. The molecule has 56 heavy (non-hydrogen) atoms. The average molecular weight is 771 g/mol. The molecular weight excluding hydrogens is 728 g/mol. The number of hydrogen-bond donors (Lipinski definition) is 9. The molecule has 0 bridgehead atoms. The molecule has 4 atom stereocenters. The third-order valence-corrected chi connectivity index (χ3v) is 9.80. The number of esters is 1. The molecule has 1 aliphatic heterocycles. The number of hydrogen-bond acceptors (Lipinski definition) is 15. The molecule has 0 spiro atoms. The van der Waals surface area contributed by atoms with Crippen LogP contribution in [0.25, 0.3) is 12.2 Å². The molecule has 6 rings (SSSR count). The fourth-order valence-electron chi connectivity index (χ4n) is 6.96. The third-order valence-electron chi connectivity index (χ3n) is 9.80. The highest BCUT2D eigenvalue weighted by Gasteiger charge is 2.54. The smallest absolute Gasteiger partial charge is 0.308 e. The van der Waals surface area contributed by atoms with E-state index in [1.807, 2.05) is 6.07 Å². The fourth-order valence-corrected chi connectivity index (χ4v) is 6.96. The van der Waals surface area contributed by atoms with Crippen molar-refractivity contribution in [3.63, 3.8) is 0 Å². The van der Waals surface area contributed by atoms with E-state index in [4.69, 9.17) is 25.7 Å². The highest BCUT2D eigenvalue weighted by molar-refractivity contribution is 6.31. The Hall–Kier alpha value is -5.33. The number of ether oxygens (including phenoxy) is 3. The maximum Gasteiger partial charge on any atom is 0.308 e. The van der Waals surface area contributed by atoms with Gasteiger partial charge < -0.3 is 61.4 Å². The number of phenolic OH excluding ortho intramolecular Hbond substituents is 1. The number of rotatable bonds is 11. The Kier molecular flexibility index (Phi) is 11.5. The van der Waals surface area contributed by atoms with E-state index in [9.17, 15) is 50.1 Å². The van der Waals surface area contributed by atoms with Crippen molar-refractivity contribution in [1.29, 1.82) is 0 Å². The number of fused-ring (bicyclic) bond motifs is 2. The number of benzene rings is 4. The summed E-state index contributed by atoms with van der Waals surface area (Å²) in [6.07, 6.45) is -4.93. The van der Waals surface area contributed by atoms with Crippen LogP contribution < -0.4 is 20.9 Å². The predicted molar refractivity (Wildman–Crippen MR) is 199 cm³/mol. The minimum atomic E-state index is -3.10. The van der Waals surface area contributed by atoms with Crippen LogP contribution in [0.15, 0.2) is 60.7 Å². The molecule has 1 saturated heterocycles. The Balaban J connectivity index is 1.56. The van der Waals surface area contributed by atoms with Gasteiger partial charge in [0.1, 0.15) is 23.4 Å². The first kappa shape index (κ1) is 40.3. The Morgan fingerprint density at radius 2 is 1.62 bits per heavy atom. The van der Waals surface area contributed by atoms with E-state index >= 15 is 0 Å². The van der Waals surface area contributed by atoms with Crippen LogP contribution in [0.1, 0.15) is 90.8 Å². The molecule has 2 aliphatic rings. The van der Waals surface area contributed by atoms with Crippen molar-refractivity contribution in [3.05, 3.63) is 122 Å². The van der Waals surface area contributed by atoms with Crippen molar-refractivity contribution in [2.24, 2.45) is 11.5 Å². The summed E-state index contributed by atoms with van der Waals surface area (Å²) in [6.45, 7) is 1.60. The molecule has 1 heterocycles. The minimum Gasteiger partial charge on any atom is -0.507 e. The van der Waals surface area contributed by atoms with Crippen LogP contribution in [0, 0.1) is 0 Å². The Morgan fingerprint density at radius 1 is 0.911 bits per heavy atom. The van der Waals surface area contributed by atoms with E-state index < -0.39 is 72.0 Å². The molecular formula is C41H42N2O13. The number of aliphatic hydroxyl groups excluding tert-OH is 4. The molecule has 0 saturated carbocycles. The molecule has 15 nitrogen and oxygen atoms in total. The largest absolute Gasteiger partial charge is 0.507 e. The van der Waals surface area contributed by atoms with E-state index in [1.165, 1.54) is 19.1 Å². The van der Waals surface area contributed by atoms with Gasteiger partial charge in [-0.05, 0) is 59.4 Å². The SMILES string of the molecule is CC(=O)Oc1cc(CO)c2c(c1/C=C/c1cccc(CCO)c1)C(=O)c1cc(O[C@H]3O[C@@H](C)[C@@H](O)C(O)(O)[C@H]3O)c(Cc3cccc(C(N)N)c3)c(O)c1C2=O. The van der Waals surface area contributed by atoms with Gasteiger partial charge in [-0.3, -0.25) is 14.4 Å². The van der Waals surface area contributed by atoms with Gasteiger partial charge in [0.05, 0.1) is 24.4 Å². The van der Waals surface area contributed by atoms with Gasteiger partial charge in [0, 0.05) is 47.8 Å². The zero-order valence-electron chi connectivity index (χ0n) is 30.4. The maximum absolute atomic E-state index is 14.8. The van der Waals surface area contributed by atoms with Crippen LogP contribution in [-0.4, -0.2) is 90.3 Å². The first-order valence-electron chi connectivity index (χ1n) is 17.7. The molecule has 15 heteroatoms. The van der Waals surface area contributed by atoms with Crippen molar-refractivity contribution < 1.29 is 64.3 Å². The molecule has 11 N–H and O–H groups in total. The number of phenols is 1. The van der Waals surface area contributed by atoms with Crippen LogP contribution in [0.4, 0.5) is 0 Å². The number of ketones is 2. The van der Waals surface area contributed by atoms with Gasteiger partial charge in [-0.1, -0.05) is 54.6 Å². The van der Waals surface area contributed by atoms with E-state index in [2.05, 4.69) is 0 Å². The first-order valence-corrected chi connectivity index (χ1v) is 17.7. The lowest BCUT2D eigenvalue weighted by Crippen LogP contribution is -2.67. The second kappa shape index (κ2) is 16.0. The molecule has 294 valence electrons. The summed E-state index contributed by atoms with van der Waals surface area (Å²) in [7, 11) is 0. The number of carbonyl (C=O) groups excluding carboxylic acids is 3. The van der Waals surface area contributed by atoms with E-state index in [0.29, 0.717) is 23.1 Å². The Bertz CT molecular complexity index is 2230. The van der Waals surface area contributed by atoms with Gasteiger partial charge in [-0.2, -0.15) is 0 Å². The number of carbonyl (C=O) groups is 3. The monoisotopic (exact) mass is 770 g/mol. The van der Waals surface area contributed by atoms with E-state index in [-0.39, 0.29) is 57.9 Å². The topological polar surface area (TPSA) is 273 Å². The van der Waals surface area contributed by atoms with Crippen molar-refractivity contribution in [2.75, 3.05) is 6.61 Å². The lowest BCUT2D eigenvalue weighted by molar-refractivity contribution is -0.371. The van der Waals surface area contributed by atoms with Gasteiger partial charge in [0.25, 0.3) is 0 Å². The van der Waals surface area contributed by atoms with Gasteiger partial charge in [-0.25, -0.2) is 0 Å². The maximum atomic E-state index is 14.8. The van der Waals surface area contributed by atoms with Crippen LogP contribution in [0.3, 0.4) is 0 Å². The summed E-state index contributed by atoms with van der Waals surface area (Å²) in [6, 6.07) is 16.2. The van der Waals surface area contributed by atoms with Crippen molar-refractivity contribution in [3.8, 4) is 17.2 Å². The first-order chi connectivity index (χ1) is 26.6. The van der Waals surface area contributed by atoms with Crippen molar-refractivity contribution in [2.45, 2.75) is 69.9 Å². The predicted octanol–water partition coefficient (Wildman–Crippen LogP) is 1.32. The summed E-state index contributed by atoms with van der Waals surface area (Å²) in [5, 5.41) is 74.1. The van der Waals surface area contributed by atoms with Gasteiger partial charge >= 0.3 is 5.97 Å². The number of nitrogens with two attached hydrogens (primary N) is 2. The number of aromatic hydroxyl groups is 1. The van der Waals surface area contributed by atoms with E-state index in [0.717, 1.165) is 18.6 Å². The highest BCUT2D eigenvalue weighted by Crippen LogP contribution is 2.45. The quantitative estimate of drug-likeness (QED) is 0.0397. The second-order valence-corrected chi connectivity index (χ2v) is 13.7. The van der Waals surface area contributed by atoms with Crippen molar-refractivity contribution >= 4 is 29.7 Å². The van der Waals surface area contributed by atoms with Gasteiger partial charge in [-0.15, -0.1) is 0 Å². The summed E-state index contributed by atoms with van der Waals surface area (Å²) in [4.78, 5) is 41.6. The van der Waals surface area contributed by atoms with Crippen molar-refractivity contribution in [1.82, 2.24) is 0 Å². The van der Waals surface area contributed by atoms with Gasteiger partial charge in [0.2, 0.25) is 12.1 Å². The molecule has 0 aromatic heterocycles. The van der Waals surface area contributed by atoms with Crippen LogP contribution >= 0.6 is 0 Å². The molecule has 1 fully saturated rings. The zero-order chi connectivity index (χ0) is 40.6. The molecule has 4 aromatic rings. The lowest BCUT2D eigenvalue weighted by atomic mass is 9.77. The summed E-state index contributed by atoms with van der Waals surface area (Å²) >= 11 is 0. The summed E-state index contributed by atoms with van der Waals surface area (Å²) < 4.78 is 17.1. The lowest BCUT2D eigenvalue weighted by Gasteiger charge is -2.44. The number of aliphatic hydroxyl groups is 6. The van der Waals surface area contributed by atoms with Crippen LogP contribution in [0.2, 0.25) is 0 Å². The molecule has 0 radical (unpaired) electrons. The zero-order valence-corrected chi connectivity index (χ0v) is 30.4. The second-order valence-electron chi connectivity index (χ2n) is 13.7. The molecule has 0 unspecified atom stereocenters. The standard InChI is InChI=1S/C41H42N2O13/c1-19-37(50)41(52,53)38(51)40(54-19)56-30-17-28-33(34(47)27(30)15-23-7-4-8-24(14-23)39(42)43)36(49)31-25(18-45)16-29(55-20(2)46)26(32(31)35(28)48)10-9-21-5-3-6-22(13-21)11-12-44/h3-10,13-14,16-17,19,37-40,44-45,47,50-53H,11-12,15,18,42-43H2,1-2H3/b10-9+/t19-,37+,38-,40+/m0/s1. The fraction of sp³-hybridized carbons (Fsp3) is 0.293. The highest BCUT2D eigenvalue weighted by atomic mass is 16.7. The Morgan fingerprint density at radius 3 is 2.30 bits per heavy atom. The average Bonchev–Trinajstić information content (AvgIpc) is 3.15. The van der Waals surface area contributed by atoms with E-state index in [1.54, 1.807) is 48.5 Å². The summed E-state index contributed by atoms with van der Waals surface area (Å²) in [5.74, 6) is -6.71. The van der Waals surface area contributed by atoms with Gasteiger partial charge in [0.15, 0.2) is 17.7 Å². The molecule has 1 aliphatic carbocycles. The van der Waals surface area contributed by atoms with Crippen LogP contribution in [-0.2, 0) is 29.0 Å². The minimum absolute atomic E-state index is 0.00382.